The second-order valence-electron chi connectivity index (χ2n) is 8.99. The van der Waals surface area contributed by atoms with Crippen molar-refractivity contribution in [2.45, 2.75) is 52.6 Å². The molecule has 0 N–H and O–H groups in total. The molecule has 0 aliphatic heterocycles. The summed E-state index contributed by atoms with van der Waals surface area (Å²) in [6.07, 6.45) is 1.36. The van der Waals surface area contributed by atoms with Gasteiger partial charge in [-0.05, 0) is 75.2 Å². The van der Waals surface area contributed by atoms with Crippen LogP contribution in [0.3, 0.4) is 0 Å². The average Bonchev–Trinajstić information content (AvgIpc) is 2.93. The Morgan fingerprint density at radius 1 is 0.632 bits per heavy atom. The predicted molar refractivity (Wildman–Crippen MR) is 146 cm³/mol. The molecule has 10 nitrogen and oxygen atoms in total. The van der Waals surface area contributed by atoms with Crippen molar-refractivity contribution in [1.82, 2.24) is 0 Å². The molecule has 0 bridgehead atoms. The molecule has 38 heavy (non-hydrogen) atoms. The smallest absolute Gasteiger partial charge is 0.269 e. The third kappa shape index (κ3) is 6.03. The van der Waals surface area contributed by atoms with Crippen molar-refractivity contribution in [1.29, 1.82) is 0 Å². The second-order valence-corrected chi connectivity index (χ2v) is 8.99. The number of nitro benzene ring substituents is 2. The molecule has 0 aromatic heterocycles. The van der Waals surface area contributed by atoms with E-state index >= 15 is 0 Å². The number of non-ortho nitro benzene ring substituents is 2. The Bertz CT molecular complexity index is 1200. The molecule has 0 heterocycles. The monoisotopic (exact) mass is 518 g/mol. The van der Waals surface area contributed by atoms with Gasteiger partial charge >= 0.3 is 0 Å². The highest BCUT2D eigenvalue weighted by molar-refractivity contribution is 6.08. The fraction of sp³-hybridized carbons (Fsp3) is 0.286. The van der Waals surface area contributed by atoms with Crippen LogP contribution in [-0.2, 0) is 0 Å². The zero-order chi connectivity index (χ0) is 28.0. The van der Waals surface area contributed by atoms with E-state index in [0.717, 1.165) is 0 Å². The van der Waals surface area contributed by atoms with E-state index in [2.05, 4.69) is 0 Å². The van der Waals surface area contributed by atoms with E-state index in [-0.39, 0.29) is 35.3 Å². The minimum Gasteiger partial charge on any atom is -0.306 e. The Morgan fingerprint density at radius 3 is 1.16 bits per heavy atom. The number of anilines is 2. The van der Waals surface area contributed by atoms with Gasteiger partial charge < -0.3 is 9.80 Å². The highest BCUT2D eigenvalue weighted by Gasteiger charge is 2.26. The highest BCUT2D eigenvalue weighted by Crippen LogP contribution is 2.28. The summed E-state index contributed by atoms with van der Waals surface area (Å²) in [4.78, 5) is 51.0. The fourth-order valence-corrected chi connectivity index (χ4v) is 4.01. The molecular weight excluding hydrogens is 488 g/mol. The maximum atomic E-state index is 13.4. The molecule has 0 aliphatic carbocycles. The summed E-state index contributed by atoms with van der Waals surface area (Å²) in [5, 5.41) is 22.0. The van der Waals surface area contributed by atoms with Crippen LogP contribution in [0.25, 0.3) is 0 Å². The Labute approximate surface area is 220 Å². The first-order valence-corrected chi connectivity index (χ1v) is 12.3. The van der Waals surface area contributed by atoms with E-state index in [1.165, 1.54) is 48.5 Å². The number of rotatable bonds is 10. The SMILES string of the molecule is CCC(C)N(C(=O)c1ccc([N+](=O)[O-])cc1)c1ccc(N(C(=O)c2ccc([N+](=O)[O-])cc2)C(C)CC)cc1. The maximum Gasteiger partial charge on any atom is 0.269 e. The van der Waals surface area contributed by atoms with E-state index < -0.39 is 9.85 Å². The maximum absolute atomic E-state index is 13.4. The first-order valence-electron chi connectivity index (χ1n) is 12.3. The van der Waals surface area contributed by atoms with Crippen molar-refractivity contribution >= 4 is 34.6 Å². The largest absolute Gasteiger partial charge is 0.306 e. The Morgan fingerprint density at radius 2 is 0.921 bits per heavy atom. The van der Waals surface area contributed by atoms with Crippen LogP contribution in [0.4, 0.5) is 22.7 Å². The van der Waals surface area contributed by atoms with Crippen LogP contribution in [0, 0.1) is 20.2 Å². The molecule has 2 atom stereocenters. The molecule has 0 radical (unpaired) electrons. The fourth-order valence-electron chi connectivity index (χ4n) is 4.01. The molecule has 0 spiro atoms. The van der Waals surface area contributed by atoms with Gasteiger partial charge in [-0.1, -0.05) is 13.8 Å². The summed E-state index contributed by atoms with van der Waals surface area (Å²) >= 11 is 0. The van der Waals surface area contributed by atoms with Crippen molar-refractivity contribution in [2.24, 2.45) is 0 Å². The van der Waals surface area contributed by atoms with Gasteiger partial charge in [0.25, 0.3) is 23.2 Å². The van der Waals surface area contributed by atoms with Gasteiger partial charge in [0.1, 0.15) is 0 Å². The van der Waals surface area contributed by atoms with Crippen LogP contribution in [0.2, 0.25) is 0 Å². The van der Waals surface area contributed by atoms with Crippen LogP contribution in [0.5, 0.6) is 0 Å². The first kappa shape index (κ1) is 28.0. The van der Waals surface area contributed by atoms with E-state index in [9.17, 15) is 29.8 Å². The number of nitro groups is 2. The lowest BCUT2D eigenvalue weighted by molar-refractivity contribution is -0.385. The zero-order valence-corrected chi connectivity index (χ0v) is 21.7. The average molecular weight is 519 g/mol. The number of amides is 2. The normalized spacial score (nSPS) is 12.3. The number of carbonyl (C=O) groups excluding carboxylic acids is 2. The summed E-state index contributed by atoms with van der Waals surface area (Å²) in [5.74, 6) is -0.578. The van der Waals surface area contributed by atoms with Gasteiger partial charge in [-0.25, -0.2) is 0 Å². The lowest BCUT2D eigenvalue weighted by atomic mass is 10.1. The molecule has 198 valence electrons. The summed E-state index contributed by atoms with van der Waals surface area (Å²) in [7, 11) is 0. The van der Waals surface area contributed by atoms with Crippen molar-refractivity contribution in [3.63, 3.8) is 0 Å². The number of benzene rings is 3. The summed E-state index contributed by atoms with van der Waals surface area (Å²) in [5.41, 5.74) is 1.72. The third-order valence-corrected chi connectivity index (χ3v) is 6.56. The van der Waals surface area contributed by atoms with Gasteiger partial charge in [-0.2, -0.15) is 0 Å². The van der Waals surface area contributed by atoms with E-state index in [0.29, 0.717) is 35.3 Å². The third-order valence-electron chi connectivity index (χ3n) is 6.56. The highest BCUT2D eigenvalue weighted by atomic mass is 16.6. The quantitative estimate of drug-likeness (QED) is 0.226. The summed E-state index contributed by atoms with van der Waals surface area (Å²) in [6, 6.07) is 17.7. The van der Waals surface area contributed by atoms with Crippen LogP contribution < -0.4 is 9.80 Å². The van der Waals surface area contributed by atoms with E-state index in [4.69, 9.17) is 0 Å². The Kier molecular flexibility index (Phi) is 8.90. The van der Waals surface area contributed by atoms with Gasteiger partial charge in [-0.15, -0.1) is 0 Å². The van der Waals surface area contributed by atoms with Crippen molar-refractivity contribution in [3.8, 4) is 0 Å². The van der Waals surface area contributed by atoms with Crippen LogP contribution in [0.1, 0.15) is 61.3 Å². The molecule has 0 saturated carbocycles. The number of hydrogen-bond acceptors (Lipinski definition) is 6. The summed E-state index contributed by atoms with van der Waals surface area (Å²) in [6.45, 7) is 7.76. The lowest BCUT2D eigenvalue weighted by Crippen LogP contribution is -2.39. The van der Waals surface area contributed by atoms with Crippen LogP contribution in [-0.4, -0.2) is 33.7 Å². The Hall–Kier alpha value is -4.60. The van der Waals surface area contributed by atoms with Crippen molar-refractivity contribution in [2.75, 3.05) is 9.80 Å². The Balaban J connectivity index is 1.94. The second kappa shape index (κ2) is 12.1. The molecular formula is C28H30N4O6. The zero-order valence-electron chi connectivity index (χ0n) is 21.7. The minimum absolute atomic E-state index is 0.0937. The molecule has 3 aromatic rings. The summed E-state index contributed by atoms with van der Waals surface area (Å²) < 4.78 is 0. The number of hydrogen-bond donors (Lipinski definition) is 0. The molecule has 0 saturated heterocycles. The van der Waals surface area contributed by atoms with Gasteiger partial charge in [0.05, 0.1) is 9.85 Å². The van der Waals surface area contributed by atoms with Gasteiger partial charge in [0, 0.05) is 58.9 Å². The van der Waals surface area contributed by atoms with Crippen LogP contribution >= 0.6 is 0 Å². The lowest BCUT2D eigenvalue weighted by Gasteiger charge is -2.31. The molecule has 0 fully saturated rings. The predicted octanol–water partition coefficient (Wildman–Crippen LogP) is 6.39. The molecule has 2 unspecified atom stereocenters. The topological polar surface area (TPSA) is 127 Å². The van der Waals surface area contributed by atoms with Gasteiger partial charge in [0.2, 0.25) is 0 Å². The first-order chi connectivity index (χ1) is 18.1. The number of carbonyl (C=O) groups is 2. The number of nitrogens with zero attached hydrogens (tertiary/aromatic N) is 4. The molecule has 3 aromatic carbocycles. The van der Waals surface area contributed by atoms with Crippen molar-refractivity contribution < 1.29 is 19.4 Å². The van der Waals surface area contributed by atoms with Gasteiger partial charge in [-0.3, -0.25) is 29.8 Å². The van der Waals surface area contributed by atoms with E-state index in [1.54, 1.807) is 34.1 Å². The van der Waals surface area contributed by atoms with Crippen LogP contribution in [0.15, 0.2) is 72.8 Å². The molecule has 2 amide bonds. The van der Waals surface area contributed by atoms with Crippen molar-refractivity contribution in [3.05, 3.63) is 104 Å². The molecule has 10 heteroatoms. The standard InChI is InChI=1S/C28H30N4O6/c1-5-19(3)29(27(33)21-7-11-25(12-8-21)31(35)36)23-15-17-24(18-16-23)30(20(4)6-2)28(34)22-9-13-26(14-10-22)32(37)38/h7-20H,5-6H2,1-4H3. The van der Waals surface area contributed by atoms with E-state index in [1.807, 2.05) is 27.7 Å². The molecule has 3 rings (SSSR count). The molecule has 0 aliphatic rings. The minimum atomic E-state index is -0.513. The van der Waals surface area contributed by atoms with Gasteiger partial charge in [0.15, 0.2) is 0 Å².